The number of aryl methyl sites for hydroxylation is 1. The van der Waals surface area contributed by atoms with Gasteiger partial charge in [0.15, 0.2) is 5.13 Å². The van der Waals surface area contributed by atoms with Gasteiger partial charge >= 0.3 is 0 Å². The third kappa shape index (κ3) is 2.66. The van der Waals surface area contributed by atoms with Crippen molar-refractivity contribution in [3.8, 4) is 0 Å². The summed E-state index contributed by atoms with van der Waals surface area (Å²) in [6, 6.07) is 0. The van der Waals surface area contributed by atoms with Crippen LogP contribution in [0.3, 0.4) is 0 Å². The standard InChI is InChI=1S/C8H12N4O2S/c1-4-6(15-8(10)11-4)7(14)12(2)3-5(9)13/h3H2,1-2H3,(H2,9,13)(H2,10,11). The molecule has 4 N–H and O–H groups in total. The molecule has 0 spiro atoms. The molecule has 0 saturated heterocycles. The average Bonchev–Trinajstić information content (AvgIpc) is 2.42. The molecule has 0 unspecified atom stereocenters. The number of carbonyl (C=O) groups is 2. The summed E-state index contributed by atoms with van der Waals surface area (Å²) in [5.41, 5.74) is 11.0. The van der Waals surface area contributed by atoms with E-state index in [0.29, 0.717) is 15.7 Å². The molecule has 0 bridgehead atoms. The number of rotatable bonds is 3. The molecule has 0 atom stereocenters. The van der Waals surface area contributed by atoms with E-state index in [1.807, 2.05) is 0 Å². The molecular formula is C8H12N4O2S. The Bertz CT molecular complexity index is 401. The Balaban J connectivity index is 2.84. The molecule has 0 fully saturated rings. The van der Waals surface area contributed by atoms with Gasteiger partial charge in [-0.1, -0.05) is 11.3 Å². The minimum Gasteiger partial charge on any atom is -0.375 e. The first-order valence-electron chi connectivity index (χ1n) is 4.18. The molecule has 1 rings (SSSR count). The number of aromatic nitrogens is 1. The Labute approximate surface area is 90.9 Å². The third-order valence-corrected chi connectivity index (χ3v) is 2.72. The molecule has 0 aliphatic heterocycles. The number of anilines is 1. The lowest BCUT2D eigenvalue weighted by Crippen LogP contribution is -2.35. The molecule has 82 valence electrons. The Hall–Kier alpha value is -1.63. The molecule has 0 aromatic carbocycles. The van der Waals surface area contributed by atoms with Gasteiger partial charge in [0.1, 0.15) is 4.88 Å². The first-order chi connectivity index (χ1) is 6.91. The summed E-state index contributed by atoms with van der Waals surface area (Å²) in [6.45, 7) is 1.58. The van der Waals surface area contributed by atoms with E-state index in [1.165, 1.54) is 11.9 Å². The van der Waals surface area contributed by atoms with Crippen LogP contribution in [0.5, 0.6) is 0 Å². The fourth-order valence-corrected chi connectivity index (χ4v) is 1.92. The van der Waals surface area contributed by atoms with E-state index in [2.05, 4.69) is 4.98 Å². The Morgan fingerprint density at radius 2 is 2.13 bits per heavy atom. The zero-order valence-electron chi connectivity index (χ0n) is 8.48. The number of hydrogen-bond donors (Lipinski definition) is 2. The predicted octanol–water partition coefficient (Wildman–Crippen LogP) is -0.409. The van der Waals surface area contributed by atoms with Gasteiger partial charge < -0.3 is 16.4 Å². The van der Waals surface area contributed by atoms with Crippen molar-refractivity contribution in [1.29, 1.82) is 0 Å². The van der Waals surface area contributed by atoms with Crippen LogP contribution in [0.1, 0.15) is 15.4 Å². The van der Waals surface area contributed by atoms with Gasteiger partial charge in [-0.25, -0.2) is 4.98 Å². The van der Waals surface area contributed by atoms with E-state index >= 15 is 0 Å². The van der Waals surface area contributed by atoms with Crippen LogP contribution in [0.25, 0.3) is 0 Å². The summed E-state index contributed by atoms with van der Waals surface area (Å²) >= 11 is 1.10. The summed E-state index contributed by atoms with van der Waals surface area (Å²) in [5.74, 6) is -0.846. The summed E-state index contributed by atoms with van der Waals surface area (Å²) in [4.78, 5) is 28.0. The zero-order chi connectivity index (χ0) is 11.6. The molecule has 2 amide bonds. The largest absolute Gasteiger partial charge is 0.375 e. The van der Waals surface area contributed by atoms with Crippen molar-refractivity contribution in [2.45, 2.75) is 6.92 Å². The molecule has 15 heavy (non-hydrogen) atoms. The highest BCUT2D eigenvalue weighted by Crippen LogP contribution is 2.20. The van der Waals surface area contributed by atoms with E-state index in [4.69, 9.17) is 11.5 Å². The van der Waals surface area contributed by atoms with Crippen LogP contribution in [0.2, 0.25) is 0 Å². The molecule has 0 aliphatic carbocycles. The van der Waals surface area contributed by atoms with Crippen molar-refractivity contribution < 1.29 is 9.59 Å². The van der Waals surface area contributed by atoms with E-state index in [1.54, 1.807) is 6.92 Å². The fraction of sp³-hybridized carbons (Fsp3) is 0.375. The maximum absolute atomic E-state index is 11.7. The molecule has 0 aliphatic rings. The number of hydrogen-bond acceptors (Lipinski definition) is 5. The number of nitrogens with two attached hydrogens (primary N) is 2. The lowest BCUT2D eigenvalue weighted by Gasteiger charge is -2.13. The topological polar surface area (TPSA) is 102 Å². The maximum Gasteiger partial charge on any atom is 0.266 e. The maximum atomic E-state index is 11.7. The highest BCUT2D eigenvalue weighted by molar-refractivity contribution is 7.17. The number of amides is 2. The Morgan fingerprint density at radius 1 is 1.53 bits per heavy atom. The normalized spacial score (nSPS) is 10.0. The van der Waals surface area contributed by atoms with E-state index < -0.39 is 5.91 Å². The van der Waals surface area contributed by atoms with Crippen LogP contribution >= 0.6 is 11.3 Å². The van der Waals surface area contributed by atoms with Crippen LogP contribution < -0.4 is 11.5 Å². The molecular weight excluding hydrogens is 216 g/mol. The SMILES string of the molecule is Cc1nc(N)sc1C(=O)N(C)CC(N)=O. The summed E-state index contributed by atoms with van der Waals surface area (Å²) in [7, 11) is 1.50. The van der Waals surface area contributed by atoms with Gasteiger partial charge in [-0.15, -0.1) is 0 Å². The van der Waals surface area contributed by atoms with E-state index in [-0.39, 0.29) is 12.5 Å². The van der Waals surface area contributed by atoms with Gasteiger partial charge in [-0.2, -0.15) is 0 Å². The minimum atomic E-state index is -0.555. The summed E-state index contributed by atoms with van der Waals surface area (Å²) < 4.78 is 0. The summed E-state index contributed by atoms with van der Waals surface area (Å²) in [6.07, 6.45) is 0. The van der Waals surface area contributed by atoms with Crippen molar-refractivity contribution in [3.05, 3.63) is 10.6 Å². The quantitative estimate of drug-likeness (QED) is 0.734. The molecule has 1 aromatic rings. The first kappa shape index (κ1) is 11.4. The number of likely N-dealkylation sites (N-methyl/N-ethyl adjacent to an activating group) is 1. The van der Waals surface area contributed by atoms with Gasteiger partial charge in [0.2, 0.25) is 5.91 Å². The smallest absolute Gasteiger partial charge is 0.266 e. The van der Waals surface area contributed by atoms with E-state index in [9.17, 15) is 9.59 Å². The second kappa shape index (κ2) is 4.26. The highest BCUT2D eigenvalue weighted by atomic mass is 32.1. The first-order valence-corrected chi connectivity index (χ1v) is 5.00. The molecule has 0 saturated carbocycles. The molecule has 6 nitrogen and oxygen atoms in total. The number of nitrogen functional groups attached to an aromatic ring is 1. The lowest BCUT2D eigenvalue weighted by atomic mass is 10.3. The zero-order valence-corrected chi connectivity index (χ0v) is 9.30. The van der Waals surface area contributed by atoms with Gasteiger partial charge in [-0.3, -0.25) is 9.59 Å². The predicted molar refractivity (Wildman–Crippen MR) is 57.4 cm³/mol. The van der Waals surface area contributed by atoms with Crippen molar-refractivity contribution in [1.82, 2.24) is 9.88 Å². The van der Waals surface area contributed by atoms with Gasteiger partial charge in [0, 0.05) is 7.05 Å². The fourth-order valence-electron chi connectivity index (χ4n) is 1.09. The van der Waals surface area contributed by atoms with Crippen LogP contribution in [-0.4, -0.2) is 35.3 Å². The monoisotopic (exact) mass is 228 g/mol. The number of thiazole rings is 1. The molecule has 1 heterocycles. The van der Waals surface area contributed by atoms with Crippen molar-refractivity contribution >= 4 is 28.3 Å². The van der Waals surface area contributed by atoms with Crippen molar-refractivity contribution in [2.75, 3.05) is 19.3 Å². The Morgan fingerprint density at radius 3 is 2.53 bits per heavy atom. The summed E-state index contributed by atoms with van der Waals surface area (Å²) in [5, 5.41) is 0.336. The number of primary amides is 1. The minimum absolute atomic E-state index is 0.115. The van der Waals surface area contributed by atoms with Crippen LogP contribution in [0.15, 0.2) is 0 Å². The highest BCUT2D eigenvalue weighted by Gasteiger charge is 2.19. The molecule has 1 aromatic heterocycles. The second-order valence-corrected chi connectivity index (χ2v) is 4.12. The van der Waals surface area contributed by atoms with Crippen LogP contribution in [0.4, 0.5) is 5.13 Å². The number of nitrogens with zero attached hydrogens (tertiary/aromatic N) is 2. The third-order valence-electron chi connectivity index (χ3n) is 1.75. The van der Waals surface area contributed by atoms with E-state index in [0.717, 1.165) is 11.3 Å². The lowest BCUT2D eigenvalue weighted by molar-refractivity contribution is -0.118. The Kier molecular flexibility index (Phi) is 3.25. The average molecular weight is 228 g/mol. The van der Waals surface area contributed by atoms with Gasteiger partial charge in [-0.05, 0) is 6.92 Å². The van der Waals surface area contributed by atoms with Crippen molar-refractivity contribution in [3.63, 3.8) is 0 Å². The van der Waals surface area contributed by atoms with Gasteiger partial charge in [0.05, 0.1) is 12.2 Å². The van der Waals surface area contributed by atoms with Gasteiger partial charge in [0.25, 0.3) is 5.91 Å². The molecule has 0 radical (unpaired) electrons. The second-order valence-electron chi connectivity index (χ2n) is 3.09. The number of carbonyl (C=O) groups excluding carboxylic acids is 2. The van der Waals surface area contributed by atoms with Crippen LogP contribution in [0, 0.1) is 6.92 Å². The van der Waals surface area contributed by atoms with Crippen molar-refractivity contribution in [2.24, 2.45) is 5.73 Å². The molecule has 7 heteroatoms. The van der Waals surface area contributed by atoms with Crippen LogP contribution in [-0.2, 0) is 4.79 Å².